The zero-order chi connectivity index (χ0) is 37.6. The van der Waals surface area contributed by atoms with Gasteiger partial charge in [0, 0.05) is 91.8 Å². The fourth-order valence-corrected chi connectivity index (χ4v) is 5.69. The molecule has 0 aliphatic carbocycles. The van der Waals surface area contributed by atoms with Crippen LogP contribution in [0.25, 0.3) is 32.7 Å². The lowest BCUT2D eigenvalue weighted by molar-refractivity contribution is -0.383. The number of carboxylic acid groups (broad SMARTS) is 2. The molecule has 0 spiro atoms. The molecule has 2 atom stereocenters. The van der Waals surface area contributed by atoms with Crippen LogP contribution < -0.4 is 11.5 Å². The van der Waals surface area contributed by atoms with Crippen molar-refractivity contribution in [3.63, 3.8) is 0 Å². The Bertz CT molecular complexity index is 2430. The molecule has 0 saturated carbocycles. The molecule has 6 aromatic rings. The van der Waals surface area contributed by atoms with E-state index in [4.69, 9.17) is 41.0 Å². The molecule has 3 aromatic carbocycles. The number of nitro groups is 1. The molecule has 0 amide bonds. The lowest BCUT2D eigenvalue weighted by Gasteiger charge is -2.05. The SMILES string of the molecule is C#Cc1cc([N+](=O)[O-])c2c(CC(N)C(=O)O)cn(C)c2c1.C#Cc1ccc2c(CC(N)C(=O)O)cn(C)c2c1.C#Cc1ccc2ccn(C)c2c1. The molecular formula is C39H36N6O6. The van der Waals surface area contributed by atoms with Gasteiger partial charge >= 0.3 is 11.9 Å². The minimum atomic E-state index is -1.16. The predicted molar refractivity (Wildman–Crippen MR) is 198 cm³/mol. The van der Waals surface area contributed by atoms with E-state index in [9.17, 15) is 19.7 Å². The smallest absolute Gasteiger partial charge is 0.320 e. The molecular weight excluding hydrogens is 648 g/mol. The molecule has 0 aliphatic heterocycles. The van der Waals surface area contributed by atoms with Gasteiger partial charge in [0.05, 0.1) is 15.8 Å². The van der Waals surface area contributed by atoms with E-state index in [0.717, 1.165) is 27.6 Å². The number of carbonyl (C=O) groups is 2. The van der Waals surface area contributed by atoms with Crippen molar-refractivity contribution in [1.82, 2.24) is 13.7 Å². The minimum Gasteiger partial charge on any atom is -0.480 e. The van der Waals surface area contributed by atoms with Crippen molar-refractivity contribution >= 4 is 50.3 Å². The summed E-state index contributed by atoms with van der Waals surface area (Å²) in [6, 6.07) is 14.7. The summed E-state index contributed by atoms with van der Waals surface area (Å²) in [5, 5.41) is 31.6. The molecule has 12 nitrogen and oxygen atoms in total. The molecule has 0 bridgehead atoms. The summed E-state index contributed by atoms with van der Waals surface area (Å²) in [7, 11) is 5.63. The van der Waals surface area contributed by atoms with Gasteiger partial charge in [-0.25, -0.2) is 0 Å². The summed E-state index contributed by atoms with van der Waals surface area (Å²) in [6.07, 6.45) is 21.8. The van der Waals surface area contributed by atoms with Crippen LogP contribution in [0.3, 0.4) is 0 Å². The number of non-ortho nitro benzene ring substituents is 1. The van der Waals surface area contributed by atoms with E-state index in [1.165, 1.54) is 17.0 Å². The lowest BCUT2D eigenvalue weighted by atomic mass is 10.0. The van der Waals surface area contributed by atoms with Gasteiger partial charge in [0.1, 0.15) is 12.1 Å². The molecule has 0 aliphatic rings. The second-order valence-corrected chi connectivity index (χ2v) is 11.8. The van der Waals surface area contributed by atoms with Crippen LogP contribution in [0.2, 0.25) is 0 Å². The van der Waals surface area contributed by atoms with E-state index < -0.39 is 28.9 Å². The largest absolute Gasteiger partial charge is 0.480 e. The first-order chi connectivity index (χ1) is 24.2. The number of carboxylic acids is 2. The number of aryl methyl sites for hydroxylation is 3. The van der Waals surface area contributed by atoms with Gasteiger partial charge < -0.3 is 35.4 Å². The third kappa shape index (κ3) is 8.27. The molecule has 3 heterocycles. The maximum atomic E-state index is 11.2. The van der Waals surface area contributed by atoms with Crippen LogP contribution >= 0.6 is 0 Å². The number of nitro benzene ring substituents is 1. The molecule has 6 rings (SSSR count). The zero-order valence-corrected chi connectivity index (χ0v) is 28.2. The highest BCUT2D eigenvalue weighted by atomic mass is 16.6. The number of nitrogens with two attached hydrogens (primary N) is 2. The average Bonchev–Trinajstić information content (AvgIpc) is 3.75. The van der Waals surface area contributed by atoms with E-state index in [0.29, 0.717) is 28.5 Å². The van der Waals surface area contributed by atoms with E-state index in [-0.39, 0.29) is 12.1 Å². The fraction of sp³-hybridized carbons (Fsp3) is 0.179. The van der Waals surface area contributed by atoms with Gasteiger partial charge in [-0.2, -0.15) is 0 Å². The van der Waals surface area contributed by atoms with Crippen LogP contribution in [-0.2, 0) is 43.6 Å². The summed E-state index contributed by atoms with van der Waals surface area (Å²) >= 11 is 0. The summed E-state index contributed by atoms with van der Waals surface area (Å²) in [5.41, 5.74) is 17.2. The Hall–Kier alpha value is -6.78. The molecule has 258 valence electrons. The zero-order valence-electron chi connectivity index (χ0n) is 28.2. The number of nitrogens with zero attached hydrogens (tertiary/aromatic N) is 4. The maximum Gasteiger partial charge on any atom is 0.320 e. The van der Waals surface area contributed by atoms with Crippen molar-refractivity contribution in [1.29, 1.82) is 0 Å². The number of terminal acetylenes is 3. The Morgan fingerprint density at radius 1 is 0.745 bits per heavy atom. The number of fused-ring (bicyclic) bond motifs is 3. The van der Waals surface area contributed by atoms with Crippen molar-refractivity contribution in [2.24, 2.45) is 32.6 Å². The lowest BCUT2D eigenvalue weighted by Crippen LogP contribution is -2.32. The van der Waals surface area contributed by atoms with Gasteiger partial charge in [-0.15, -0.1) is 19.3 Å². The molecule has 3 aromatic heterocycles. The highest BCUT2D eigenvalue weighted by molar-refractivity contribution is 5.94. The third-order valence-corrected chi connectivity index (χ3v) is 8.32. The second kappa shape index (κ2) is 15.6. The Morgan fingerprint density at radius 2 is 1.25 bits per heavy atom. The van der Waals surface area contributed by atoms with Crippen molar-refractivity contribution in [3.05, 3.63) is 111 Å². The van der Waals surface area contributed by atoms with Crippen molar-refractivity contribution in [2.75, 3.05) is 0 Å². The molecule has 12 heteroatoms. The normalized spacial score (nSPS) is 11.6. The Morgan fingerprint density at radius 3 is 1.82 bits per heavy atom. The van der Waals surface area contributed by atoms with E-state index in [2.05, 4.69) is 28.4 Å². The molecule has 6 N–H and O–H groups in total. The number of rotatable bonds is 7. The average molecular weight is 685 g/mol. The standard InChI is InChI=1S/C14H13N3O4.C14H14N2O2.C11H9N/c1-3-8-4-11-13(12(5-8)17(20)21)9(7-16(11)2)6-10(15)14(18)19;1-3-9-4-5-11-10(7-12(15)14(17)18)8-16(2)13(11)6-9;1-3-9-4-5-10-6-7-12(2)11(10)8-9/h1,4-5,7,10H,6,15H2,2H3,(H,18,19);1,4-6,8,12H,7,15H2,2H3,(H,17,18);1,4-8H,2H3. The number of aromatic nitrogens is 3. The Kier molecular flexibility index (Phi) is 11.3. The van der Waals surface area contributed by atoms with E-state index in [1.54, 1.807) is 23.9 Å². The number of hydrogen-bond acceptors (Lipinski definition) is 6. The van der Waals surface area contributed by atoms with Crippen LogP contribution in [0.15, 0.2) is 73.2 Å². The van der Waals surface area contributed by atoms with Crippen LogP contribution in [0.4, 0.5) is 5.69 Å². The second-order valence-electron chi connectivity index (χ2n) is 11.8. The topological polar surface area (TPSA) is 185 Å². The first kappa shape index (κ1) is 37.0. The number of benzene rings is 3. The molecule has 0 fully saturated rings. The first-order valence-corrected chi connectivity index (χ1v) is 15.4. The van der Waals surface area contributed by atoms with Crippen LogP contribution in [0.5, 0.6) is 0 Å². The van der Waals surface area contributed by atoms with Crippen molar-refractivity contribution < 1.29 is 24.7 Å². The summed E-state index contributed by atoms with van der Waals surface area (Å²) in [4.78, 5) is 32.4. The molecule has 2 unspecified atom stereocenters. The van der Waals surface area contributed by atoms with Gasteiger partial charge in [0.2, 0.25) is 0 Å². The summed E-state index contributed by atoms with van der Waals surface area (Å²) in [6.45, 7) is 0. The third-order valence-electron chi connectivity index (χ3n) is 8.32. The number of hydrogen-bond donors (Lipinski definition) is 4. The molecule has 0 saturated heterocycles. The van der Waals surface area contributed by atoms with Gasteiger partial charge in [0.25, 0.3) is 5.69 Å². The van der Waals surface area contributed by atoms with Gasteiger partial charge in [-0.1, -0.05) is 29.9 Å². The van der Waals surface area contributed by atoms with Crippen molar-refractivity contribution in [2.45, 2.75) is 24.9 Å². The highest BCUT2D eigenvalue weighted by Crippen LogP contribution is 2.32. The van der Waals surface area contributed by atoms with E-state index >= 15 is 0 Å². The van der Waals surface area contributed by atoms with Gasteiger partial charge in [-0.05, 0) is 52.9 Å². The minimum absolute atomic E-state index is 0.00289. The Balaban J connectivity index is 0.000000177. The van der Waals surface area contributed by atoms with Crippen molar-refractivity contribution in [3.8, 4) is 37.0 Å². The van der Waals surface area contributed by atoms with Crippen LogP contribution in [0.1, 0.15) is 27.8 Å². The van der Waals surface area contributed by atoms with Gasteiger partial charge in [-0.3, -0.25) is 19.7 Å². The first-order valence-electron chi connectivity index (χ1n) is 15.4. The van der Waals surface area contributed by atoms with Gasteiger partial charge in [0.15, 0.2) is 0 Å². The fourth-order valence-electron chi connectivity index (χ4n) is 5.69. The van der Waals surface area contributed by atoms with Crippen LogP contribution in [0, 0.1) is 47.1 Å². The Labute approximate surface area is 294 Å². The van der Waals surface area contributed by atoms with Crippen LogP contribution in [-0.4, -0.2) is 52.9 Å². The summed E-state index contributed by atoms with van der Waals surface area (Å²) < 4.78 is 5.67. The highest BCUT2D eigenvalue weighted by Gasteiger charge is 2.23. The summed E-state index contributed by atoms with van der Waals surface area (Å²) in [5.74, 6) is 5.43. The quantitative estimate of drug-likeness (QED) is 0.109. The molecule has 51 heavy (non-hydrogen) atoms. The monoisotopic (exact) mass is 684 g/mol. The predicted octanol–water partition coefficient (Wildman–Crippen LogP) is 4.30. The molecule has 0 radical (unpaired) electrons. The van der Waals surface area contributed by atoms with E-state index in [1.807, 2.05) is 67.5 Å². The number of aliphatic carboxylic acids is 2. The maximum absolute atomic E-state index is 11.2.